The second-order valence-corrected chi connectivity index (χ2v) is 5.36. The predicted molar refractivity (Wildman–Crippen MR) is 83.1 cm³/mol. The first kappa shape index (κ1) is 13.9. The molecule has 0 aliphatic carbocycles. The van der Waals surface area contributed by atoms with E-state index in [-0.39, 0.29) is 11.3 Å². The lowest BCUT2D eigenvalue weighted by molar-refractivity contribution is 0.0698. The molecule has 2 rings (SSSR count). The van der Waals surface area contributed by atoms with Crippen LogP contribution < -0.4 is 11.1 Å². The first-order chi connectivity index (χ1) is 8.97. The Morgan fingerprint density at radius 3 is 2.79 bits per heavy atom. The van der Waals surface area contributed by atoms with Crippen molar-refractivity contribution in [3.63, 3.8) is 0 Å². The first-order valence-corrected chi connectivity index (χ1v) is 6.64. The van der Waals surface area contributed by atoms with Crippen molar-refractivity contribution in [2.75, 3.05) is 11.1 Å². The average molecular weight is 390 g/mol. The molecule has 0 aliphatic heterocycles. The van der Waals surface area contributed by atoms with Crippen molar-refractivity contribution in [2.24, 2.45) is 0 Å². The molecule has 4 N–H and O–H groups in total. The maximum Gasteiger partial charge on any atom is 0.337 e. The van der Waals surface area contributed by atoms with Crippen LogP contribution in [0.5, 0.6) is 0 Å². The lowest BCUT2D eigenvalue weighted by Gasteiger charge is -2.09. The average Bonchev–Trinajstić information content (AvgIpc) is 2.34. The maximum absolute atomic E-state index is 11.0. The number of nitrogen functional groups attached to an aromatic ring is 1. The van der Waals surface area contributed by atoms with Crippen LogP contribution >= 0.6 is 34.2 Å². The fraction of sp³-hybridized carbons (Fsp3) is 0. The van der Waals surface area contributed by atoms with Crippen LogP contribution in [0.15, 0.2) is 30.5 Å². The van der Waals surface area contributed by atoms with Crippen molar-refractivity contribution in [1.82, 2.24) is 4.98 Å². The number of benzene rings is 1. The van der Waals surface area contributed by atoms with Gasteiger partial charge in [-0.05, 0) is 46.9 Å². The van der Waals surface area contributed by atoms with Crippen LogP contribution in [0.1, 0.15) is 10.4 Å². The van der Waals surface area contributed by atoms with Crippen LogP contribution in [0, 0.1) is 3.57 Å². The van der Waals surface area contributed by atoms with Crippen LogP contribution in [-0.4, -0.2) is 16.1 Å². The number of carboxylic acid groups (broad SMARTS) is 1. The van der Waals surface area contributed by atoms with E-state index in [9.17, 15) is 4.79 Å². The molecule has 0 aliphatic rings. The summed E-state index contributed by atoms with van der Waals surface area (Å²) in [5.74, 6) is -0.730. The van der Waals surface area contributed by atoms with Gasteiger partial charge in [-0.2, -0.15) is 0 Å². The number of hydrogen-bond donors (Lipinski definition) is 3. The van der Waals surface area contributed by atoms with Crippen molar-refractivity contribution < 1.29 is 9.90 Å². The van der Waals surface area contributed by atoms with Gasteiger partial charge in [0.05, 0.1) is 28.2 Å². The molecule has 1 aromatic heterocycles. The number of nitrogens with zero attached hydrogens (tertiary/aromatic N) is 1. The van der Waals surface area contributed by atoms with E-state index in [1.807, 2.05) is 6.07 Å². The number of nitrogens with one attached hydrogen (secondary N) is 1. The highest BCUT2D eigenvalue weighted by Gasteiger charge is 2.10. The first-order valence-electron chi connectivity index (χ1n) is 5.18. The van der Waals surface area contributed by atoms with E-state index in [0.717, 1.165) is 3.57 Å². The Morgan fingerprint density at radius 1 is 1.42 bits per heavy atom. The van der Waals surface area contributed by atoms with Crippen molar-refractivity contribution >= 4 is 57.4 Å². The molecular weight excluding hydrogens is 381 g/mol. The molecule has 5 nitrogen and oxygen atoms in total. The number of halogens is 2. The number of hydrogen-bond acceptors (Lipinski definition) is 4. The quantitative estimate of drug-likeness (QED) is 0.701. The Hall–Kier alpha value is -1.54. The van der Waals surface area contributed by atoms with E-state index < -0.39 is 5.97 Å². The standard InChI is InChI=1S/C12H9ClIN3O2/c13-8-3-6(14)1-2-10(8)17-11-4-7(12(18)19)9(15)5-16-11/h1-5H,15H2,(H,16,17)(H,18,19). The molecule has 7 heteroatoms. The Kier molecular flexibility index (Phi) is 4.11. The minimum atomic E-state index is -1.10. The minimum Gasteiger partial charge on any atom is -0.478 e. The molecule has 19 heavy (non-hydrogen) atoms. The molecule has 1 heterocycles. The summed E-state index contributed by atoms with van der Waals surface area (Å²) in [5, 5.41) is 12.5. The third-order valence-electron chi connectivity index (χ3n) is 2.36. The number of aromatic carboxylic acids is 1. The lowest BCUT2D eigenvalue weighted by Crippen LogP contribution is -2.05. The number of aromatic nitrogens is 1. The molecule has 0 amide bonds. The topological polar surface area (TPSA) is 88.2 Å². The van der Waals surface area contributed by atoms with Crippen LogP contribution in [0.4, 0.5) is 17.2 Å². The molecule has 2 aromatic rings. The van der Waals surface area contributed by atoms with E-state index in [0.29, 0.717) is 16.5 Å². The Bertz CT molecular complexity index is 649. The molecule has 0 unspecified atom stereocenters. The van der Waals surface area contributed by atoms with Crippen LogP contribution in [0.2, 0.25) is 5.02 Å². The minimum absolute atomic E-state index is 0.000802. The Morgan fingerprint density at radius 2 is 2.16 bits per heavy atom. The smallest absolute Gasteiger partial charge is 0.337 e. The summed E-state index contributed by atoms with van der Waals surface area (Å²) in [6.45, 7) is 0. The number of nitrogens with two attached hydrogens (primary N) is 1. The largest absolute Gasteiger partial charge is 0.478 e. The number of rotatable bonds is 3. The van der Waals surface area contributed by atoms with Crippen LogP contribution in [0.3, 0.4) is 0 Å². The second kappa shape index (κ2) is 5.62. The fourth-order valence-electron chi connectivity index (χ4n) is 1.45. The molecular formula is C12H9ClIN3O2. The lowest BCUT2D eigenvalue weighted by atomic mass is 10.2. The molecule has 0 saturated carbocycles. The summed E-state index contributed by atoms with van der Waals surface area (Å²) in [6.07, 6.45) is 1.30. The number of carbonyl (C=O) groups is 1. The monoisotopic (exact) mass is 389 g/mol. The third kappa shape index (κ3) is 3.27. The zero-order valence-corrected chi connectivity index (χ0v) is 12.4. The number of carboxylic acids is 1. The van der Waals surface area contributed by atoms with Gasteiger partial charge in [-0.15, -0.1) is 0 Å². The van der Waals surface area contributed by atoms with E-state index in [1.165, 1.54) is 12.3 Å². The van der Waals surface area contributed by atoms with E-state index >= 15 is 0 Å². The van der Waals surface area contributed by atoms with Gasteiger partial charge < -0.3 is 16.2 Å². The van der Waals surface area contributed by atoms with Crippen molar-refractivity contribution in [1.29, 1.82) is 0 Å². The van der Waals surface area contributed by atoms with Gasteiger partial charge in [0, 0.05) is 3.57 Å². The predicted octanol–water partition coefficient (Wildman–Crippen LogP) is 3.36. The Balaban J connectivity index is 2.33. The van der Waals surface area contributed by atoms with E-state index in [4.69, 9.17) is 22.4 Å². The zero-order chi connectivity index (χ0) is 14.0. The highest BCUT2D eigenvalue weighted by molar-refractivity contribution is 14.1. The summed E-state index contributed by atoms with van der Waals surface area (Å²) < 4.78 is 1.00. The van der Waals surface area contributed by atoms with Crippen LogP contribution in [0.25, 0.3) is 0 Å². The van der Waals surface area contributed by atoms with Crippen molar-refractivity contribution in [3.8, 4) is 0 Å². The highest BCUT2D eigenvalue weighted by atomic mass is 127. The second-order valence-electron chi connectivity index (χ2n) is 3.71. The van der Waals surface area contributed by atoms with Crippen molar-refractivity contribution in [3.05, 3.63) is 44.6 Å². The molecule has 0 saturated heterocycles. The van der Waals surface area contributed by atoms with Gasteiger partial charge in [0.1, 0.15) is 5.82 Å². The number of anilines is 3. The number of pyridine rings is 1. The summed E-state index contributed by atoms with van der Waals surface area (Å²) in [5.41, 5.74) is 6.30. The fourth-order valence-corrected chi connectivity index (χ4v) is 2.35. The normalized spacial score (nSPS) is 10.2. The summed E-state index contributed by atoms with van der Waals surface area (Å²) in [7, 11) is 0. The van der Waals surface area contributed by atoms with Crippen molar-refractivity contribution in [2.45, 2.75) is 0 Å². The molecule has 0 fully saturated rings. The van der Waals surface area contributed by atoms with Gasteiger partial charge in [-0.25, -0.2) is 9.78 Å². The highest BCUT2D eigenvalue weighted by Crippen LogP contribution is 2.27. The van der Waals surface area contributed by atoms with Gasteiger partial charge in [0.2, 0.25) is 0 Å². The summed E-state index contributed by atoms with van der Waals surface area (Å²) in [4.78, 5) is 15.0. The molecule has 98 valence electrons. The molecule has 0 spiro atoms. The van der Waals surface area contributed by atoms with Gasteiger partial charge in [-0.1, -0.05) is 11.6 Å². The molecule has 0 bridgehead atoms. The molecule has 0 radical (unpaired) electrons. The van der Waals surface area contributed by atoms with Gasteiger partial charge in [-0.3, -0.25) is 0 Å². The summed E-state index contributed by atoms with van der Waals surface area (Å²) >= 11 is 8.23. The van der Waals surface area contributed by atoms with E-state index in [1.54, 1.807) is 12.1 Å². The van der Waals surface area contributed by atoms with Gasteiger partial charge in [0.25, 0.3) is 0 Å². The van der Waals surface area contributed by atoms with Gasteiger partial charge in [0.15, 0.2) is 0 Å². The van der Waals surface area contributed by atoms with Gasteiger partial charge >= 0.3 is 5.97 Å². The maximum atomic E-state index is 11.0. The van der Waals surface area contributed by atoms with Crippen LogP contribution in [-0.2, 0) is 0 Å². The third-order valence-corrected chi connectivity index (χ3v) is 3.34. The molecule has 1 aromatic carbocycles. The molecule has 0 atom stereocenters. The van der Waals surface area contributed by atoms with E-state index in [2.05, 4.69) is 32.9 Å². The zero-order valence-electron chi connectivity index (χ0n) is 9.52. The summed E-state index contributed by atoms with van der Waals surface area (Å²) in [6, 6.07) is 6.83. The Labute approximate surface area is 127 Å². The SMILES string of the molecule is Nc1cnc(Nc2ccc(I)cc2Cl)cc1C(=O)O.